The SMILES string of the molecule is C=NCCN1CCC(NC)CC1. The second-order valence-corrected chi connectivity index (χ2v) is 3.35. The molecular weight excluding hydrogens is 150 g/mol. The van der Waals surface area contributed by atoms with Crippen LogP contribution in [0.25, 0.3) is 0 Å². The second-order valence-electron chi connectivity index (χ2n) is 3.35. The molecule has 3 heteroatoms. The van der Waals surface area contributed by atoms with E-state index in [2.05, 4.69) is 21.9 Å². The molecule has 0 atom stereocenters. The third-order valence-electron chi connectivity index (χ3n) is 2.57. The monoisotopic (exact) mass is 169 g/mol. The third kappa shape index (κ3) is 2.91. The van der Waals surface area contributed by atoms with Crippen molar-refractivity contribution in [2.24, 2.45) is 4.99 Å². The molecule has 1 rings (SSSR count). The van der Waals surface area contributed by atoms with Crippen LogP contribution in [0.5, 0.6) is 0 Å². The van der Waals surface area contributed by atoms with E-state index < -0.39 is 0 Å². The van der Waals surface area contributed by atoms with Gasteiger partial charge in [-0.05, 0) is 39.7 Å². The first-order valence-corrected chi connectivity index (χ1v) is 4.69. The van der Waals surface area contributed by atoms with Crippen molar-refractivity contribution in [3.8, 4) is 0 Å². The van der Waals surface area contributed by atoms with Crippen molar-refractivity contribution in [2.75, 3.05) is 33.2 Å². The minimum Gasteiger partial charge on any atom is -0.317 e. The van der Waals surface area contributed by atoms with Crippen LogP contribution in [0.2, 0.25) is 0 Å². The maximum absolute atomic E-state index is 3.86. The van der Waals surface area contributed by atoms with Gasteiger partial charge in [0.1, 0.15) is 0 Å². The smallest absolute Gasteiger partial charge is 0.0509 e. The number of aliphatic imine (C=N–C) groups is 1. The van der Waals surface area contributed by atoms with Crippen LogP contribution >= 0.6 is 0 Å². The van der Waals surface area contributed by atoms with Crippen LogP contribution in [-0.2, 0) is 0 Å². The molecule has 1 fully saturated rings. The highest BCUT2D eigenvalue weighted by molar-refractivity contribution is 5.23. The van der Waals surface area contributed by atoms with Crippen LogP contribution in [0.3, 0.4) is 0 Å². The van der Waals surface area contributed by atoms with Crippen molar-refractivity contribution in [3.63, 3.8) is 0 Å². The Morgan fingerprint density at radius 2 is 2.17 bits per heavy atom. The Labute approximate surface area is 74.9 Å². The lowest BCUT2D eigenvalue weighted by Gasteiger charge is -2.31. The maximum Gasteiger partial charge on any atom is 0.0509 e. The highest BCUT2D eigenvalue weighted by Gasteiger charge is 2.16. The van der Waals surface area contributed by atoms with Gasteiger partial charge in [0.05, 0.1) is 6.54 Å². The van der Waals surface area contributed by atoms with Gasteiger partial charge in [-0.15, -0.1) is 0 Å². The van der Waals surface area contributed by atoms with Crippen LogP contribution in [0.1, 0.15) is 12.8 Å². The van der Waals surface area contributed by atoms with E-state index >= 15 is 0 Å². The molecule has 0 radical (unpaired) electrons. The van der Waals surface area contributed by atoms with Gasteiger partial charge in [0.25, 0.3) is 0 Å². The summed E-state index contributed by atoms with van der Waals surface area (Å²) in [5, 5.41) is 3.32. The molecule has 0 aliphatic carbocycles. The van der Waals surface area contributed by atoms with Crippen LogP contribution in [0, 0.1) is 0 Å². The molecule has 1 aliphatic heterocycles. The zero-order valence-corrected chi connectivity index (χ0v) is 7.92. The third-order valence-corrected chi connectivity index (χ3v) is 2.57. The number of likely N-dealkylation sites (tertiary alicyclic amines) is 1. The maximum atomic E-state index is 3.86. The van der Waals surface area contributed by atoms with Gasteiger partial charge in [0, 0.05) is 12.6 Å². The highest BCUT2D eigenvalue weighted by Crippen LogP contribution is 2.08. The van der Waals surface area contributed by atoms with Gasteiger partial charge in [0.2, 0.25) is 0 Å². The van der Waals surface area contributed by atoms with Gasteiger partial charge >= 0.3 is 0 Å². The average molecular weight is 169 g/mol. The lowest BCUT2D eigenvalue weighted by molar-refractivity contribution is 0.207. The van der Waals surface area contributed by atoms with Gasteiger partial charge in [-0.3, -0.25) is 4.99 Å². The zero-order valence-electron chi connectivity index (χ0n) is 7.92. The Morgan fingerprint density at radius 1 is 1.50 bits per heavy atom. The van der Waals surface area contributed by atoms with E-state index in [1.165, 1.54) is 25.9 Å². The van der Waals surface area contributed by atoms with Crippen LogP contribution in [0.4, 0.5) is 0 Å². The molecular formula is C9H19N3. The summed E-state index contributed by atoms with van der Waals surface area (Å²) in [4.78, 5) is 6.32. The van der Waals surface area contributed by atoms with Gasteiger partial charge in [-0.2, -0.15) is 0 Å². The molecule has 0 aromatic heterocycles. The summed E-state index contributed by atoms with van der Waals surface area (Å²) in [6.07, 6.45) is 2.54. The molecule has 70 valence electrons. The van der Waals surface area contributed by atoms with E-state index in [4.69, 9.17) is 0 Å². The van der Waals surface area contributed by atoms with E-state index in [1.54, 1.807) is 0 Å². The molecule has 0 aromatic carbocycles. The second kappa shape index (κ2) is 5.27. The standard InChI is InChI=1S/C9H19N3/c1-10-5-8-12-6-3-9(11-2)4-7-12/h9,11H,1,3-8H2,2H3. The average Bonchev–Trinajstić information content (AvgIpc) is 2.15. The van der Waals surface area contributed by atoms with Crippen LogP contribution in [0.15, 0.2) is 4.99 Å². The molecule has 12 heavy (non-hydrogen) atoms. The topological polar surface area (TPSA) is 27.6 Å². The number of piperidine rings is 1. The predicted octanol–water partition coefficient (Wildman–Crippen LogP) is 0.371. The molecule has 1 saturated heterocycles. The Kier molecular flexibility index (Phi) is 4.25. The predicted molar refractivity (Wildman–Crippen MR) is 52.9 cm³/mol. The minimum absolute atomic E-state index is 0.734. The Balaban J connectivity index is 2.12. The van der Waals surface area contributed by atoms with Crippen LogP contribution < -0.4 is 5.32 Å². The highest BCUT2D eigenvalue weighted by atomic mass is 15.1. The number of rotatable bonds is 4. The van der Waals surface area contributed by atoms with E-state index in [-0.39, 0.29) is 0 Å². The minimum atomic E-state index is 0.734. The van der Waals surface area contributed by atoms with Crippen molar-refractivity contribution in [2.45, 2.75) is 18.9 Å². The summed E-state index contributed by atoms with van der Waals surface area (Å²) >= 11 is 0. The normalized spacial score (nSPS) is 21.1. The largest absolute Gasteiger partial charge is 0.317 e. The van der Waals surface area contributed by atoms with E-state index in [0.717, 1.165) is 19.1 Å². The number of nitrogens with one attached hydrogen (secondary N) is 1. The molecule has 3 nitrogen and oxygen atoms in total. The summed E-state index contributed by atoms with van der Waals surface area (Å²) in [6.45, 7) is 7.87. The summed E-state index contributed by atoms with van der Waals surface area (Å²) in [5.74, 6) is 0. The Bertz CT molecular complexity index is 128. The summed E-state index contributed by atoms with van der Waals surface area (Å²) in [7, 11) is 2.05. The quantitative estimate of drug-likeness (QED) is 0.616. The summed E-state index contributed by atoms with van der Waals surface area (Å²) < 4.78 is 0. The summed E-state index contributed by atoms with van der Waals surface area (Å²) in [5.41, 5.74) is 0. The van der Waals surface area contributed by atoms with E-state index in [0.29, 0.717) is 0 Å². The lowest BCUT2D eigenvalue weighted by Crippen LogP contribution is -2.41. The molecule has 1 heterocycles. The van der Waals surface area contributed by atoms with Crippen molar-refractivity contribution >= 4 is 6.72 Å². The zero-order chi connectivity index (χ0) is 8.81. The van der Waals surface area contributed by atoms with Gasteiger partial charge in [-0.25, -0.2) is 0 Å². The van der Waals surface area contributed by atoms with E-state index in [1.807, 2.05) is 7.05 Å². The molecule has 0 bridgehead atoms. The number of nitrogens with zero attached hydrogens (tertiary/aromatic N) is 2. The number of hydrogen-bond acceptors (Lipinski definition) is 3. The van der Waals surface area contributed by atoms with Crippen LogP contribution in [-0.4, -0.2) is 50.9 Å². The van der Waals surface area contributed by atoms with Gasteiger partial charge in [-0.1, -0.05) is 0 Å². The molecule has 0 spiro atoms. The van der Waals surface area contributed by atoms with Gasteiger partial charge < -0.3 is 10.2 Å². The molecule has 1 N–H and O–H groups in total. The first-order chi connectivity index (χ1) is 5.86. The molecule has 1 aliphatic rings. The van der Waals surface area contributed by atoms with Crippen molar-refractivity contribution in [1.82, 2.24) is 10.2 Å². The first-order valence-electron chi connectivity index (χ1n) is 4.69. The molecule has 0 saturated carbocycles. The number of hydrogen-bond donors (Lipinski definition) is 1. The summed E-state index contributed by atoms with van der Waals surface area (Å²) in [6, 6.07) is 0.734. The fourth-order valence-electron chi connectivity index (χ4n) is 1.66. The van der Waals surface area contributed by atoms with E-state index in [9.17, 15) is 0 Å². The fourth-order valence-corrected chi connectivity index (χ4v) is 1.66. The molecule has 0 amide bonds. The Hall–Kier alpha value is -0.410. The first kappa shape index (κ1) is 9.68. The fraction of sp³-hybridized carbons (Fsp3) is 0.889. The Morgan fingerprint density at radius 3 is 2.67 bits per heavy atom. The van der Waals surface area contributed by atoms with Crippen molar-refractivity contribution < 1.29 is 0 Å². The van der Waals surface area contributed by atoms with Crippen molar-refractivity contribution in [3.05, 3.63) is 0 Å². The van der Waals surface area contributed by atoms with Gasteiger partial charge in [0.15, 0.2) is 0 Å². The molecule has 0 aromatic rings. The van der Waals surface area contributed by atoms with Crippen molar-refractivity contribution in [1.29, 1.82) is 0 Å². The molecule has 0 unspecified atom stereocenters. The lowest BCUT2D eigenvalue weighted by atomic mass is 10.1.